The highest BCUT2D eigenvalue weighted by Gasteiger charge is 2.45. The zero-order valence-electron chi connectivity index (χ0n) is 16.3. The van der Waals surface area contributed by atoms with Crippen molar-refractivity contribution in [2.45, 2.75) is 94.3 Å². The van der Waals surface area contributed by atoms with Crippen LogP contribution in [0.15, 0.2) is 10.6 Å². The summed E-state index contributed by atoms with van der Waals surface area (Å²) in [4.78, 5) is 27.8. The zero-order chi connectivity index (χ0) is 19.3. The van der Waals surface area contributed by atoms with Gasteiger partial charge in [-0.1, -0.05) is 5.16 Å². The number of hydrogen-bond acceptors (Lipinski definition) is 5. The van der Waals surface area contributed by atoms with E-state index in [2.05, 4.69) is 15.4 Å². The number of rotatable bonds is 4. The minimum Gasteiger partial charge on any atom is -0.360 e. The third-order valence-electron chi connectivity index (χ3n) is 7.18. The van der Waals surface area contributed by atoms with Gasteiger partial charge in [-0.2, -0.15) is 0 Å². The first-order chi connectivity index (χ1) is 13.6. The molecule has 28 heavy (non-hydrogen) atoms. The molecule has 0 spiro atoms. The lowest BCUT2D eigenvalue weighted by Crippen LogP contribution is -2.54. The number of fused-ring (bicyclic) bond motifs is 2. The fraction of sp³-hybridized carbons (Fsp3) is 0.762. The van der Waals surface area contributed by atoms with Gasteiger partial charge in [0.25, 0.3) is 5.91 Å². The molecule has 2 atom stereocenters. The van der Waals surface area contributed by atoms with Gasteiger partial charge in [0.1, 0.15) is 5.76 Å². The number of nitrogens with two attached hydrogens (primary N) is 1. The SMILES string of the molecule is N[C@H]1CC[C@H](C(=O)N2C3CCC2CC(NC(=O)c2cc(C4CC4)on2)C3)CC1. The largest absolute Gasteiger partial charge is 0.360 e. The number of carbonyl (C=O) groups is 2. The predicted octanol–water partition coefficient (Wildman–Crippen LogP) is 2.32. The highest BCUT2D eigenvalue weighted by molar-refractivity contribution is 5.92. The molecule has 2 unspecified atom stereocenters. The van der Waals surface area contributed by atoms with Gasteiger partial charge in [0.05, 0.1) is 0 Å². The van der Waals surface area contributed by atoms with Gasteiger partial charge in [-0.05, 0) is 64.2 Å². The van der Waals surface area contributed by atoms with E-state index < -0.39 is 0 Å². The summed E-state index contributed by atoms with van der Waals surface area (Å²) in [5.41, 5.74) is 6.38. The molecule has 1 aromatic heterocycles. The van der Waals surface area contributed by atoms with Crippen molar-refractivity contribution in [3.05, 3.63) is 17.5 Å². The van der Waals surface area contributed by atoms with Crippen molar-refractivity contribution in [2.24, 2.45) is 11.7 Å². The first kappa shape index (κ1) is 18.2. The second-order valence-electron chi connectivity index (χ2n) is 9.27. The van der Waals surface area contributed by atoms with Crippen LogP contribution < -0.4 is 11.1 Å². The van der Waals surface area contributed by atoms with E-state index in [0.29, 0.717) is 17.5 Å². The van der Waals surface area contributed by atoms with Crippen molar-refractivity contribution in [3.63, 3.8) is 0 Å². The summed E-state index contributed by atoms with van der Waals surface area (Å²) in [7, 11) is 0. The van der Waals surface area contributed by atoms with E-state index in [1.165, 1.54) is 0 Å². The second kappa shape index (κ2) is 7.17. The summed E-state index contributed by atoms with van der Waals surface area (Å²) in [6.07, 6.45) is 9.78. The Kier molecular flexibility index (Phi) is 4.65. The quantitative estimate of drug-likeness (QED) is 0.827. The Balaban J connectivity index is 1.19. The van der Waals surface area contributed by atoms with Gasteiger partial charge < -0.3 is 20.5 Å². The molecule has 2 saturated heterocycles. The van der Waals surface area contributed by atoms with Crippen LogP contribution in [-0.2, 0) is 4.79 Å². The molecule has 7 nitrogen and oxygen atoms in total. The van der Waals surface area contributed by atoms with Crippen LogP contribution in [0.2, 0.25) is 0 Å². The number of nitrogens with zero attached hydrogens (tertiary/aromatic N) is 2. The Morgan fingerprint density at radius 1 is 1.04 bits per heavy atom. The molecular formula is C21H30N4O3. The molecule has 7 heteroatoms. The highest BCUT2D eigenvalue weighted by atomic mass is 16.5. The van der Waals surface area contributed by atoms with E-state index in [9.17, 15) is 9.59 Å². The van der Waals surface area contributed by atoms with E-state index in [1.54, 1.807) is 6.07 Å². The Labute approximate surface area is 165 Å². The molecule has 2 aliphatic heterocycles. The minimum atomic E-state index is -0.152. The lowest BCUT2D eigenvalue weighted by atomic mass is 9.84. The lowest BCUT2D eigenvalue weighted by molar-refractivity contribution is -0.141. The molecule has 2 bridgehead atoms. The fourth-order valence-corrected chi connectivity index (χ4v) is 5.45. The van der Waals surface area contributed by atoms with Crippen molar-refractivity contribution in [3.8, 4) is 0 Å². The molecule has 0 radical (unpaired) electrons. The zero-order valence-corrected chi connectivity index (χ0v) is 16.3. The van der Waals surface area contributed by atoms with E-state index in [4.69, 9.17) is 10.3 Å². The van der Waals surface area contributed by atoms with Crippen molar-refractivity contribution in [1.29, 1.82) is 0 Å². The van der Waals surface area contributed by atoms with Crippen LogP contribution in [-0.4, -0.2) is 46.0 Å². The number of nitrogens with one attached hydrogen (secondary N) is 1. The maximum Gasteiger partial charge on any atom is 0.273 e. The molecule has 5 rings (SSSR count). The van der Waals surface area contributed by atoms with Gasteiger partial charge in [0.2, 0.25) is 5.91 Å². The van der Waals surface area contributed by atoms with Crippen LogP contribution in [0.4, 0.5) is 0 Å². The van der Waals surface area contributed by atoms with Crippen LogP contribution in [0, 0.1) is 5.92 Å². The predicted molar refractivity (Wildman–Crippen MR) is 103 cm³/mol. The number of aromatic nitrogens is 1. The summed E-state index contributed by atoms with van der Waals surface area (Å²) in [6.45, 7) is 0. The summed E-state index contributed by atoms with van der Waals surface area (Å²) in [5, 5.41) is 7.08. The number of amides is 2. The Bertz CT molecular complexity index is 737. The molecule has 0 aromatic carbocycles. The van der Waals surface area contributed by atoms with E-state index in [-0.39, 0.29) is 36.0 Å². The van der Waals surface area contributed by atoms with Crippen molar-refractivity contribution in [2.75, 3.05) is 0 Å². The first-order valence-electron chi connectivity index (χ1n) is 10.9. The molecule has 2 amide bonds. The van der Waals surface area contributed by atoms with Crippen molar-refractivity contribution >= 4 is 11.8 Å². The molecule has 152 valence electrons. The number of carbonyl (C=O) groups excluding carboxylic acids is 2. The Morgan fingerprint density at radius 2 is 1.71 bits per heavy atom. The normalized spacial score (nSPS) is 35.0. The molecule has 2 saturated carbocycles. The maximum absolute atomic E-state index is 13.1. The average molecular weight is 386 g/mol. The first-order valence-corrected chi connectivity index (χ1v) is 10.9. The highest BCUT2D eigenvalue weighted by Crippen LogP contribution is 2.41. The van der Waals surface area contributed by atoms with Crippen LogP contribution in [0.25, 0.3) is 0 Å². The van der Waals surface area contributed by atoms with Crippen molar-refractivity contribution in [1.82, 2.24) is 15.4 Å². The summed E-state index contributed by atoms with van der Waals surface area (Å²) in [6, 6.07) is 2.67. The molecule has 4 fully saturated rings. The van der Waals surface area contributed by atoms with Crippen LogP contribution in [0.1, 0.15) is 86.4 Å². The fourth-order valence-electron chi connectivity index (χ4n) is 5.45. The average Bonchev–Trinajstić information content (AvgIpc) is 3.35. The van der Waals surface area contributed by atoms with Gasteiger partial charge >= 0.3 is 0 Å². The van der Waals surface area contributed by atoms with Gasteiger partial charge in [-0.25, -0.2) is 0 Å². The van der Waals surface area contributed by atoms with Gasteiger partial charge in [0.15, 0.2) is 5.69 Å². The third-order valence-corrected chi connectivity index (χ3v) is 7.18. The maximum atomic E-state index is 13.1. The monoisotopic (exact) mass is 386 g/mol. The van der Waals surface area contributed by atoms with E-state index in [0.717, 1.165) is 70.0 Å². The summed E-state index contributed by atoms with van der Waals surface area (Å²) >= 11 is 0. The Hall–Kier alpha value is -1.89. The van der Waals surface area contributed by atoms with E-state index >= 15 is 0 Å². The second-order valence-corrected chi connectivity index (χ2v) is 9.27. The minimum absolute atomic E-state index is 0.106. The summed E-state index contributed by atoms with van der Waals surface area (Å²) < 4.78 is 5.30. The molecule has 4 aliphatic rings. The number of hydrogen-bond donors (Lipinski definition) is 2. The standard InChI is InChI=1S/C21H30N4O3/c22-14-5-3-13(4-6-14)21(27)25-16-7-8-17(25)10-15(9-16)23-20(26)18-11-19(28-24-18)12-1-2-12/h11-17H,1-10,22H2,(H,23,26)/t13-,14-,15?,16?,17?. The molecule has 1 aromatic rings. The van der Waals surface area contributed by atoms with E-state index in [1.807, 2.05) is 0 Å². The van der Waals surface area contributed by atoms with Gasteiger partial charge in [-0.3, -0.25) is 9.59 Å². The Morgan fingerprint density at radius 3 is 2.36 bits per heavy atom. The molecule has 3 heterocycles. The topological polar surface area (TPSA) is 101 Å². The van der Waals surface area contributed by atoms with Crippen molar-refractivity contribution < 1.29 is 14.1 Å². The van der Waals surface area contributed by atoms with Gasteiger partial charge in [-0.15, -0.1) is 0 Å². The van der Waals surface area contributed by atoms with Crippen LogP contribution in [0.3, 0.4) is 0 Å². The number of piperidine rings is 1. The molecule has 3 N–H and O–H groups in total. The smallest absolute Gasteiger partial charge is 0.273 e. The third kappa shape index (κ3) is 3.45. The van der Waals surface area contributed by atoms with Crippen LogP contribution in [0.5, 0.6) is 0 Å². The van der Waals surface area contributed by atoms with Gasteiger partial charge in [0, 0.05) is 42.1 Å². The molecule has 2 aliphatic carbocycles. The summed E-state index contributed by atoms with van der Waals surface area (Å²) in [5.74, 6) is 1.60. The van der Waals surface area contributed by atoms with Crippen LogP contribution >= 0.6 is 0 Å². The molecular weight excluding hydrogens is 356 g/mol. The lowest BCUT2D eigenvalue weighted by Gasteiger charge is -2.41.